The van der Waals surface area contributed by atoms with E-state index in [0.717, 1.165) is 17.7 Å². The Hall–Kier alpha value is -1.07. The van der Waals surface area contributed by atoms with Gasteiger partial charge in [-0.25, -0.2) is 17.7 Å². The van der Waals surface area contributed by atoms with Crippen molar-refractivity contribution < 1.29 is 13.2 Å². The number of guanidine groups is 1. The lowest BCUT2D eigenvalue weighted by Gasteiger charge is -2.14. The highest BCUT2D eigenvalue weighted by Crippen LogP contribution is 2.19. The van der Waals surface area contributed by atoms with Crippen molar-refractivity contribution in [3.05, 3.63) is 29.8 Å². The van der Waals surface area contributed by atoms with Gasteiger partial charge in [0.05, 0.1) is 19.9 Å². The summed E-state index contributed by atoms with van der Waals surface area (Å²) >= 11 is 0. The van der Waals surface area contributed by atoms with Crippen LogP contribution in [0.4, 0.5) is 0 Å². The molecule has 0 amide bonds. The van der Waals surface area contributed by atoms with E-state index in [9.17, 15) is 8.42 Å². The molecule has 0 radical (unpaired) electrons. The monoisotopic (exact) mass is 468 g/mol. The second-order valence-corrected chi connectivity index (χ2v) is 7.65. The van der Waals surface area contributed by atoms with Gasteiger partial charge in [-0.3, -0.25) is 0 Å². The lowest BCUT2D eigenvalue weighted by molar-refractivity contribution is 0.410. The van der Waals surface area contributed by atoms with Gasteiger partial charge in [-0.05, 0) is 18.4 Å². The number of nitrogens with two attached hydrogens (primary N) is 1. The fraction of sp³-hybridized carbons (Fsp3) is 0.533. The van der Waals surface area contributed by atoms with Crippen molar-refractivity contribution in [1.82, 2.24) is 9.62 Å². The molecular weight excluding hydrogens is 443 g/mol. The molecule has 1 aliphatic heterocycles. The molecule has 9 heteroatoms. The maximum Gasteiger partial charge on any atom is 0.211 e. The van der Waals surface area contributed by atoms with Crippen LogP contribution in [0.5, 0.6) is 5.75 Å². The Kier molecular flexibility index (Phi) is 8.23. The van der Waals surface area contributed by atoms with Crippen molar-refractivity contribution in [2.45, 2.75) is 13.0 Å². The molecule has 24 heavy (non-hydrogen) atoms. The SMILES string of the molecule is COc1ccccc1CN=C(N)NCC1CCN(S(C)(=O)=O)C1.I. The van der Waals surface area contributed by atoms with Gasteiger partial charge in [-0.15, -0.1) is 24.0 Å². The van der Waals surface area contributed by atoms with Crippen LogP contribution in [0.1, 0.15) is 12.0 Å². The average Bonchev–Trinajstić information content (AvgIpc) is 3.00. The minimum Gasteiger partial charge on any atom is -0.496 e. The van der Waals surface area contributed by atoms with Gasteiger partial charge in [-0.2, -0.15) is 0 Å². The number of rotatable bonds is 6. The number of benzene rings is 1. The summed E-state index contributed by atoms with van der Waals surface area (Å²) in [6.45, 7) is 2.16. The molecular formula is C15H25IN4O3S. The van der Waals surface area contributed by atoms with Gasteiger partial charge >= 0.3 is 0 Å². The van der Waals surface area contributed by atoms with Gasteiger partial charge in [-0.1, -0.05) is 18.2 Å². The minimum absolute atomic E-state index is 0. The smallest absolute Gasteiger partial charge is 0.211 e. The van der Waals surface area contributed by atoms with Crippen molar-refractivity contribution in [1.29, 1.82) is 0 Å². The maximum absolute atomic E-state index is 11.5. The number of sulfonamides is 1. The number of para-hydroxylation sites is 1. The highest BCUT2D eigenvalue weighted by atomic mass is 127. The zero-order valence-corrected chi connectivity index (χ0v) is 17.1. The quantitative estimate of drug-likeness (QED) is 0.369. The summed E-state index contributed by atoms with van der Waals surface area (Å²) in [5.41, 5.74) is 6.84. The number of halogens is 1. The number of hydrogen-bond donors (Lipinski definition) is 2. The molecule has 1 aromatic carbocycles. The summed E-state index contributed by atoms with van der Waals surface area (Å²) in [6.07, 6.45) is 2.08. The van der Waals surface area contributed by atoms with E-state index >= 15 is 0 Å². The summed E-state index contributed by atoms with van der Waals surface area (Å²) in [5, 5.41) is 3.07. The first-order chi connectivity index (χ1) is 10.9. The van der Waals surface area contributed by atoms with Gasteiger partial charge in [0.15, 0.2) is 5.96 Å². The Labute approximate surface area is 160 Å². The van der Waals surface area contributed by atoms with Crippen molar-refractivity contribution in [3.8, 4) is 5.75 Å². The van der Waals surface area contributed by atoms with Crippen molar-refractivity contribution in [3.63, 3.8) is 0 Å². The molecule has 1 aliphatic rings. The zero-order valence-electron chi connectivity index (χ0n) is 13.9. The number of ether oxygens (including phenoxy) is 1. The van der Waals surface area contributed by atoms with Crippen LogP contribution in [0.25, 0.3) is 0 Å². The number of hydrogen-bond acceptors (Lipinski definition) is 4. The molecule has 136 valence electrons. The number of nitrogens with one attached hydrogen (secondary N) is 1. The van der Waals surface area contributed by atoms with Gasteiger partial charge in [0.2, 0.25) is 10.0 Å². The lowest BCUT2D eigenvalue weighted by atomic mass is 10.1. The molecule has 0 saturated carbocycles. The number of aliphatic imine (C=N–C) groups is 1. The van der Waals surface area contributed by atoms with Crippen LogP contribution in [0.3, 0.4) is 0 Å². The first-order valence-electron chi connectivity index (χ1n) is 7.51. The fourth-order valence-electron chi connectivity index (χ4n) is 2.57. The summed E-state index contributed by atoms with van der Waals surface area (Å²) in [5.74, 6) is 1.39. The topological polar surface area (TPSA) is 97.0 Å². The van der Waals surface area contributed by atoms with Crippen LogP contribution in [0.2, 0.25) is 0 Å². The van der Waals surface area contributed by atoms with E-state index in [0.29, 0.717) is 32.1 Å². The van der Waals surface area contributed by atoms with E-state index in [4.69, 9.17) is 10.5 Å². The second-order valence-electron chi connectivity index (χ2n) is 5.67. The van der Waals surface area contributed by atoms with E-state index in [1.165, 1.54) is 10.6 Å². The summed E-state index contributed by atoms with van der Waals surface area (Å²) in [4.78, 5) is 4.30. The highest BCUT2D eigenvalue weighted by molar-refractivity contribution is 14.0. The Morgan fingerprint density at radius 2 is 2.17 bits per heavy atom. The molecule has 1 saturated heterocycles. The molecule has 0 aliphatic carbocycles. The van der Waals surface area contributed by atoms with Crippen LogP contribution in [-0.2, 0) is 16.6 Å². The first kappa shape index (κ1) is 21.0. The Morgan fingerprint density at radius 3 is 2.79 bits per heavy atom. The Bertz CT molecular complexity index is 666. The first-order valence-corrected chi connectivity index (χ1v) is 9.36. The third-order valence-corrected chi connectivity index (χ3v) is 5.17. The fourth-order valence-corrected chi connectivity index (χ4v) is 3.49. The predicted molar refractivity (Wildman–Crippen MR) is 106 cm³/mol. The third-order valence-electron chi connectivity index (χ3n) is 3.90. The van der Waals surface area contributed by atoms with Crippen LogP contribution < -0.4 is 15.8 Å². The van der Waals surface area contributed by atoms with Crippen LogP contribution in [0, 0.1) is 5.92 Å². The molecule has 3 N–H and O–H groups in total. The molecule has 1 aromatic rings. The van der Waals surface area contributed by atoms with E-state index < -0.39 is 10.0 Å². The number of methoxy groups -OCH3 is 1. The summed E-state index contributed by atoms with van der Waals surface area (Å²) < 4.78 is 29.7. The second kappa shape index (κ2) is 9.42. The predicted octanol–water partition coefficient (Wildman–Crippen LogP) is 0.999. The van der Waals surface area contributed by atoms with E-state index in [1.807, 2.05) is 24.3 Å². The largest absolute Gasteiger partial charge is 0.496 e. The lowest BCUT2D eigenvalue weighted by Crippen LogP contribution is -2.36. The summed E-state index contributed by atoms with van der Waals surface area (Å²) in [7, 11) is -1.48. The molecule has 1 fully saturated rings. The van der Waals surface area contributed by atoms with E-state index in [-0.39, 0.29) is 29.9 Å². The van der Waals surface area contributed by atoms with Crippen molar-refractivity contribution in [2.75, 3.05) is 33.0 Å². The molecule has 1 heterocycles. The normalized spacial score (nSPS) is 18.9. The van der Waals surface area contributed by atoms with Gasteiger partial charge in [0.1, 0.15) is 5.75 Å². The van der Waals surface area contributed by atoms with E-state index in [2.05, 4.69) is 10.3 Å². The molecule has 1 unspecified atom stereocenters. The van der Waals surface area contributed by atoms with Gasteiger partial charge in [0.25, 0.3) is 0 Å². The standard InChI is InChI=1S/C15H24N4O3S.HI/c1-22-14-6-4-3-5-13(14)10-18-15(16)17-9-12-7-8-19(11-12)23(2,20)21;/h3-6,12H,7-11H2,1-2H3,(H3,16,17,18);1H. The van der Waals surface area contributed by atoms with Crippen LogP contribution >= 0.6 is 24.0 Å². The van der Waals surface area contributed by atoms with Crippen molar-refractivity contribution in [2.24, 2.45) is 16.6 Å². The minimum atomic E-state index is -3.10. The van der Waals surface area contributed by atoms with Gasteiger partial charge in [0, 0.05) is 25.2 Å². The van der Waals surface area contributed by atoms with Gasteiger partial charge < -0.3 is 15.8 Å². The Balaban J connectivity index is 0.00000288. The zero-order chi connectivity index (χ0) is 16.9. The molecule has 0 bridgehead atoms. The third kappa shape index (κ3) is 6.10. The summed E-state index contributed by atoms with van der Waals surface area (Å²) in [6, 6.07) is 7.65. The molecule has 7 nitrogen and oxygen atoms in total. The highest BCUT2D eigenvalue weighted by Gasteiger charge is 2.28. The van der Waals surface area contributed by atoms with Crippen molar-refractivity contribution >= 4 is 40.0 Å². The molecule has 2 rings (SSSR count). The Morgan fingerprint density at radius 1 is 1.46 bits per heavy atom. The van der Waals surface area contributed by atoms with E-state index in [1.54, 1.807) is 7.11 Å². The van der Waals surface area contributed by atoms with Crippen LogP contribution in [0.15, 0.2) is 29.3 Å². The number of nitrogens with zero attached hydrogens (tertiary/aromatic N) is 2. The molecule has 1 atom stereocenters. The molecule has 0 spiro atoms. The molecule has 0 aromatic heterocycles. The van der Waals surface area contributed by atoms with Crippen LogP contribution in [-0.4, -0.2) is 51.7 Å². The average molecular weight is 468 g/mol. The maximum atomic E-state index is 11.5.